The molecular formula is C23H29F3N6O2. The highest BCUT2D eigenvalue weighted by molar-refractivity contribution is 5.69. The van der Waals surface area contributed by atoms with Gasteiger partial charge < -0.3 is 14.5 Å². The van der Waals surface area contributed by atoms with E-state index in [2.05, 4.69) is 19.9 Å². The molecule has 2 aromatic heterocycles. The minimum absolute atomic E-state index is 0.212. The predicted molar refractivity (Wildman–Crippen MR) is 119 cm³/mol. The lowest BCUT2D eigenvalue weighted by Gasteiger charge is -2.48. The summed E-state index contributed by atoms with van der Waals surface area (Å²) in [7, 11) is 0. The van der Waals surface area contributed by atoms with Gasteiger partial charge in [0.1, 0.15) is 5.69 Å². The van der Waals surface area contributed by atoms with Crippen LogP contribution in [0.15, 0.2) is 30.6 Å². The predicted octanol–water partition coefficient (Wildman–Crippen LogP) is 3.42. The van der Waals surface area contributed by atoms with Gasteiger partial charge in [0.25, 0.3) is 0 Å². The van der Waals surface area contributed by atoms with Gasteiger partial charge in [-0.15, -0.1) is 0 Å². The van der Waals surface area contributed by atoms with Gasteiger partial charge in [-0.1, -0.05) is 0 Å². The molecule has 8 nitrogen and oxygen atoms in total. The van der Waals surface area contributed by atoms with E-state index in [1.807, 2.05) is 6.92 Å². The summed E-state index contributed by atoms with van der Waals surface area (Å²) in [5.41, 5.74) is -0.154. The van der Waals surface area contributed by atoms with E-state index in [-0.39, 0.29) is 11.5 Å². The summed E-state index contributed by atoms with van der Waals surface area (Å²) in [6.45, 7) is 7.01. The first kappa shape index (κ1) is 22.9. The van der Waals surface area contributed by atoms with Gasteiger partial charge in [0.15, 0.2) is 11.5 Å². The number of alkyl halides is 3. The molecular weight excluding hydrogens is 449 g/mol. The fourth-order valence-electron chi connectivity index (χ4n) is 5.60. The summed E-state index contributed by atoms with van der Waals surface area (Å²) in [5, 5.41) is 3.72. The van der Waals surface area contributed by atoms with Crippen molar-refractivity contribution in [1.29, 1.82) is 0 Å². The smallest absolute Gasteiger partial charge is 0.435 e. The zero-order valence-electron chi connectivity index (χ0n) is 19.2. The van der Waals surface area contributed by atoms with Crippen LogP contribution in [0.1, 0.15) is 31.9 Å². The van der Waals surface area contributed by atoms with Crippen molar-refractivity contribution in [3.8, 4) is 5.69 Å². The van der Waals surface area contributed by atoms with Crippen molar-refractivity contribution in [3.05, 3.63) is 36.3 Å². The fourth-order valence-corrected chi connectivity index (χ4v) is 5.60. The summed E-state index contributed by atoms with van der Waals surface area (Å²) in [4.78, 5) is 22.8. The Morgan fingerprint density at radius 1 is 1.21 bits per heavy atom. The Bertz CT molecular complexity index is 1030. The molecule has 3 aliphatic rings. The SMILES string of the molecule is CCOC(=O)N1CC2(CC[C@@H](N3CCN(c4ncccc4-n4ccc(C(F)(F)F)n4)CC3)C2)C1. The highest BCUT2D eigenvalue weighted by Gasteiger charge is 2.51. The highest BCUT2D eigenvalue weighted by atomic mass is 19.4. The van der Waals surface area contributed by atoms with E-state index in [0.717, 1.165) is 64.6 Å². The molecule has 2 aromatic rings. The normalized spacial score (nSPS) is 22.8. The Morgan fingerprint density at radius 2 is 1.97 bits per heavy atom. The number of piperazine rings is 1. The highest BCUT2D eigenvalue weighted by Crippen LogP contribution is 2.47. The van der Waals surface area contributed by atoms with Crippen molar-refractivity contribution < 1.29 is 22.7 Å². The van der Waals surface area contributed by atoms with Crippen molar-refractivity contribution in [3.63, 3.8) is 0 Å². The van der Waals surface area contributed by atoms with Crippen LogP contribution < -0.4 is 4.90 Å². The number of rotatable bonds is 4. The van der Waals surface area contributed by atoms with Gasteiger partial charge in [0.2, 0.25) is 0 Å². The number of hydrogen-bond acceptors (Lipinski definition) is 6. The Morgan fingerprint density at radius 3 is 2.65 bits per heavy atom. The van der Waals surface area contributed by atoms with Crippen LogP contribution in [0.25, 0.3) is 5.69 Å². The standard InChI is InChI=1S/C23H29F3N6O2/c1-2-34-21(33)31-15-22(16-31)7-5-17(14-22)29-10-12-30(13-11-29)20-18(4-3-8-27-20)32-9-6-19(28-32)23(24,25)26/h3-4,6,8-9,17H,2,5,7,10-16H2,1H3/t17-/m1/s1. The Balaban J connectivity index is 1.19. The summed E-state index contributed by atoms with van der Waals surface area (Å²) >= 11 is 0. The molecule has 1 atom stereocenters. The molecule has 0 N–H and O–H groups in total. The van der Waals surface area contributed by atoms with Gasteiger partial charge in [-0.2, -0.15) is 18.3 Å². The number of carbonyl (C=O) groups is 1. The maximum absolute atomic E-state index is 13.0. The first-order valence-corrected chi connectivity index (χ1v) is 11.8. The number of ether oxygens (including phenoxy) is 1. The van der Waals surface area contributed by atoms with Crippen LogP contribution in [0.5, 0.6) is 0 Å². The third-order valence-corrected chi connectivity index (χ3v) is 7.28. The quantitative estimate of drug-likeness (QED) is 0.671. The number of amides is 1. The third kappa shape index (κ3) is 4.33. The number of carbonyl (C=O) groups excluding carboxylic acids is 1. The monoisotopic (exact) mass is 478 g/mol. The average Bonchev–Trinajstić information content (AvgIpc) is 3.47. The number of halogens is 3. The van der Waals surface area contributed by atoms with Crippen LogP contribution in [0, 0.1) is 5.41 Å². The van der Waals surface area contributed by atoms with E-state index < -0.39 is 11.9 Å². The van der Waals surface area contributed by atoms with Gasteiger partial charge in [-0.3, -0.25) is 4.90 Å². The van der Waals surface area contributed by atoms with Gasteiger partial charge >= 0.3 is 12.3 Å². The Hall–Kier alpha value is -2.82. The van der Waals surface area contributed by atoms with Crippen LogP contribution in [-0.4, -0.2) is 82.6 Å². The minimum atomic E-state index is -4.48. The number of aromatic nitrogens is 3. The first-order chi connectivity index (χ1) is 16.3. The number of nitrogens with zero attached hydrogens (tertiary/aromatic N) is 6. The molecule has 11 heteroatoms. The van der Waals surface area contributed by atoms with Crippen molar-refractivity contribution in [2.75, 3.05) is 50.8 Å². The number of likely N-dealkylation sites (tertiary alicyclic amines) is 1. The summed E-state index contributed by atoms with van der Waals surface area (Å²) in [6.07, 6.45) is 1.63. The van der Waals surface area contributed by atoms with Gasteiger partial charge in [0.05, 0.1) is 6.61 Å². The molecule has 1 amide bonds. The molecule has 1 saturated carbocycles. The second-order valence-corrected chi connectivity index (χ2v) is 9.46. The van der Waals surface area contributed by atoms with Crippen molar-refractivity contribution in [1.82, 2.24) is 24.6 Å². The van der Waals surface area contributed by atoms with Crippen molar-refractivity contribution >= 4 is 11.9 Å². The Kier molecular flexibility index (Phi) is 5.91. The third-order valence-electron chi connectivity index (χ3n) is 7.28. The van der Waals surface area contributed by atoms with Crippen LogP contribution in [0.4, 0.5) is 23.8 Å². The molecule has 1 aliphatic carbocycles. The average molecular weight is 479 g/mol. The number of anilines is 1. The molecule has 4 heterocycles. The number of pyridine rings is 1. The molecule has 2 saturated heterocycles. The molecule has 0 radical (unpaired) electrons. The van der Waals surface area contributed by atoms with Crippen molar-refractivity contribution in [2.24, 2.45) is 5.41 Å². The molecule has 34 heavy (non-hydrogen) atoms. The zero-order chi connectivity index (χ0) is 23.9. The minimum Gasteiger partial charge on any atom is -0.450 e. The van der Waals surface area contributed by atoms with Crippen LogP contribution in [0.3, 0.4) is 0 Å². The lowest BCUT2D eigenvalue weighted by atomic mass is 9.78. The van der Waals surface area contributed by atoms with E-state index >= 15 is 0 Å². The second-order valence-electron chi connectivity index (χ2n) is 9.46. The van der Waals surface area contributed by atoms with E-state index in [9.17, 15) is 18.0 Å². The van der Waals surface area contributed by atoms with E-state index in [1.54, 1.807) is 23.2 Å². The lowest BCUT2D eigenvalue weighted by molar-refractivity contribution is -0.141. The molecule has 2 aliphatic heterocycles. The summed E-state index contributed by atoms with van der Waals surface area (Å²) < 4.78 is 45.4. The van der Waals surface area contributed by atoms with Crippen molar-refractivity contribution in [2.45, 2.75) is 38.4 Å². The molecule has 5 rings (SSSR count). The second kappa shape index (κ2) is 8.75. The van der Waals surface area contributed by atoms with Crippen LogP contribution >= 0.6 is 0 Å². The van der Waals surface area contributed by atoms with Gasteiger partial charge in [0, 0.05) is 63.1 Å². The summed E-state index contributed by atoms with van der Waals surface area (Å²) in [5.74, 6) is 0.644. The first-order valence-electron chi connectivity index (χ1n) is 11.8. The van der Waals surface area contributed by atoms with E-state index in [1.165, 1.54) is 10.9 Å². The molecule has 184 valence electrons. The van der Waals surface area contributed by atoms with Crippen LogP contribution in [-0.2, 0) is 10.9 Å². The number of hydrogen-bond donors (Lipinski definition) is 0. The van der Waals surface area contributed by atoms with Gasteiger partial charge in [-0.25, -0.2) is 14.5 Å². The maximum Gasteiger partial charge on any atom is 0.435 e. The zero-order valence-corrected chi connectivity index (χ0v) is 19.2. The fraction of sp³-hybridized carbons (Fsp3) is 0.609. The molecule has 1 spiro atoms. The van der Waals surface area contributed by atoms with Gasteiger partial charge in [-0.05, 0) is 44.4 Å². The lowest BCUT2D eigenvalue weighted by Crippen LogP contribution is -2.58. The molecule has 3 fully saturated rings. The van der Waals surface area contributed by atoms with E-state index in [0.29, 0.717) is 24.2 Å². The van der Waals surface area contributed by atoms with E-state index in [4.69, 9.17) is 4.74 Å². The largest absolute Gasteiger partial charge is 0.450 e. The summed E-state index contributed by atoms with van der Waals surface area (Å²) in [6, 6.07) is 4.93. The van der Waals surface area contributed by atoms with Crippen LogP contribution in [0.2, 0.25) is 0 Å². The maximum atomic E-state index is 13.0. The molecule has 0 bridgehead atoms. The Labute approximate surface area is 196 Å². The molecule has 0 aromatic carbocycles. The topological polar surface area (TPSA) is 66.7 Å². The molecule has 0 unspecified atom stereocenters.